The van der Waals surface area contributed by atoms with Gasteiger partial charge in [0.15, 0.2) is 11.9 Å². The summed E-state index contributed by atoms with van der Waals surface area (Å²) in [7, 11) is 5.15. The van der Waals surface area contributed by atoms with Gasteiger partial charge in [-0.05, 0) is 150 Å². The van der Waals surface area contributed by atoms with Gasteiger partial charge in [0.2, 0.25) is 11.7 Å². The van der Waals surface area contributed by atoms with Crippen molar-refractivity contribution in [3.05, 3.63) is 29.8 Å². The molecule has 65 heavy (non-hydrogen) atoms. The van der Waals surface area contributed by atoms with E-state index in [1.54, 1.807) is 17.0 Å². The van der Waals surface area contributed by atoms with Crippen LogP contribution in [0.25, 0.3) is 0 Å². The first-order chi connectivity index (χ1) is 30.9. The number of carbonyl (C=O) groups excluding carboxylic acids is 3. The summed E-state index contributed by atoms with van der Waals surface area (Å²) in [6.45, 7) is 17.5. The Morgan fingerprint density at radius 3 is 2.20 bits per heavy atom. The quantitative estimate of drug-likeness (QED) is 0.118. The van der Waals surface area contributed by atoms with Crippen LogP contribution in [0.1, 0.15) is 143 Å². The largest absolute Gasteiger partial charge is 0.468 e. The summed E-state index contributed by atoms with van der Waals surface area (Å²) in [6, 6.07) is 6.61. The van der Waals surface area contributed by atoms with Gasteiger partial charge in [0.1, 0.15) is 18.2 Å². The summed E-state index contributed by atoms with van der Waals surface area (Å²) >= 11 is 0. The summed E-state index contributed by atoms with van der Waals surface area (Å²) in [6.07, 6.45) is 11.0. The van der Waals surface area contributed by atoms with Crippen LogP contribution < -0.4 is 10.2 Å². The number of carbonyl (C=O) groups is 3. The van der Waals surface area contributed by atoms with Crippen LogP contribution in [0.15, 0.2) is 24.3 Å². The van der Waals surface area contributed by atoms with Crippen LogP contribution in [-0.4, -0.2) is 110 Å². The van der Waals surface area contributed by atoms with Crippen molar-refractivity contribution in [2.24, 2.45) is 53.3 Å². The van der Waals surface area contributed by atoms with E-state index in [1.807, 2.05) is 45.0 Å². The molecule has 2 amide bonds. The number of hydrogen-bond donors (Lipinski definition) is 2. The highest BCUT2D eigenvalue weighted by Crippen LogP contribution is 2.61. The molecule has 10 unspecified atom stereocenters. The Labute approximate surface area is 388 Å². The second-order valence-electron chi connectivity index (χ2n) is 21.6. The van der Waals surface area contributed by atoms with Crippen molar-refractivity contribution in [1.82, 2.24) is 10.2 Å². The lowest BCUT2D eigenvalue weighted by molar-refractivity contribution is -0.570. The Morgan fingerprint density at radius 1 is 0.862 bits per heavy atom. The maximum absolute atomic E-state index is 14.0. The molecule has 5 heterocycles. The van der Waals surface area contributed by atoms with E-state index in [-0.39, 0.29) is 66.3 Å². The van der Waals surface area contributed by atoms with Gasteiger partial charge in [-0.3, -0.25) is 19.6 Å². The van der Waals surface area contributed by atoms with Crippen LogP contribution >= 0.6 is 0 Å². The molecule has 1 aromatic carbocycles. The minimum atomic E-state index is -0.751. The molecule has 14 heteroatoms. The Morgan fingerprint density at radius 2 is 1.54 bits per heavy atom. The number of nitrogens with one attached hydrogen (secondary N) is 1. The van der Waals surface area contributed by atoms with Gasteiger partial charge in [0.05, 0.1) is 25.4 Å². The highest BCUT2D eigenvalue weighted by Gasteiger charge is 2.69. The standard InChI is InChI=1S/C35H55N3O7.C16H26O4/c1-8-29(33(40)36-21-32(39)43-7)38(34(41)25-13-15-26(16-14-25)37(5)6)19-9-10-30-24(4)28-18-12-23(3)27-17-11-22(2)20-31(44-30)35(27,28)45-42;1-9-5-6-13-10(2)11(3)17-14-16(13)12(9)7-8-15(4,18-14)19-20-16/h13-16,22-24,27-31,42H,8-12,17-21H2,1-7H3,(H,36,40);9-14H,5-8H2,1-4H3/t22?,23-,24?,27?,28?,29?,30?,31-,35-;9?,10-,11+,12?,13?,14?,15-,16-/m10/s1. The maximum Gasteiger partial charge on any atom is 0.325 e. The lowest BCUT2D eigenvalue weighted by Crippen LogP contribution is -2.70. The minimum Gasteiger partial charge on any atom is -0.468 e. The average Bonchev–Trinajstić information content (AvgIpc) is 3.61. The zero-order valence-electron chi connectivity index (χ0n) is 41.2. The first kappa shape index (κ1) is 50.0. The molecule has 5 aliphatic heterocycles. The summed E-state index contributed by atoms with van der Waals surface area (Å²) in [5.41, 5.74) is 0.408. The second kappa shape index (κ2) is 20.4. The Bertz CT molecular complexity index is 1800. The van der Waals surface area contributed by atoms with Gasteiger partial charge in [0, 0.05) is 44.2 Å². The van der Waals surface area contributed by atoms with E-state index in [1.165, 1.54) is 20.0 Å². The molecule has 5 saturated heterocycles. The van der Waals surface area contributed by atoms with Crippen LogP contribution in [0, 0.1) is 53.3 Å². The van der Waals surface area contributed by atoms with Crippen molar-refractivity contribution in [1.29, 1.82) is 0 Å². The van der Waals surface area contributed by atoms with E-state index in [0.29, 0.717) is 66.9 Å². The Balaban J connectivity index is 0.000000258. The van der Waals surface area contributed by atoms with E-state index in [0.717, 1.165) is 50.6 Å². The third kappa shape index (κ3) is 9.49. The first-order valence-electron chi connectivity index (χ1n) is 25.0. The van der Waals surface area contributed by atoms with Crippen LogP contribution in [0.4, 0.5) is 5.69 Å². The van der Waals surface area contributed by atoms with Gasteiger partial charge in [-0.1, -0.05) is 48.0 Å². The number of benzene rings is 1. The van der Waals surface area contributed by atoms with Gasteiger partial charge in [0.25, 0.3) is 5.91 Å². The number of fused-ring (bicyclic) bond motifs is 2. The smallest absolute Gasteiger partial charge is 0.325 e. The lowest BCUT2D eigenvalue weighted by Gasteiger charge is -2.60. The highest BCUT2D eigenvalue weighted by molar-refractivity contribution is 5.98. The molecule has 1 spiro atoms. The monoisotopic (exact) mass is 912 g/mol. The zero-order valence-corrected chi connectivity index (χ0v) is 41.2. The number of nitrogens with zero attached hydrogens (tertiary/aromatic N) is 2. The molecule has 3 saturated carbocycles. The second-order valence-corrected chi connectivity index (χ2v) is 21.6. The van der Waals surface area contributed by atoms with Gasteiger partial charge >= 0.3 is 5.97 Å². The summed E-state index contributed by atoms with van der Waals surface area (Å²) in [5.74, 6) is 1.85. The van der Waals surface area contributed by atoms with E-state index in [9.17, 15) is 19.6 Å². The number of amides is 2. The third-order valence-electron chi connectivity index (χ3n) is 17.6. The van der Waals surface area contributed by atoms with Gasteiger partial charge < -0.3 is 34.1 Å². The van der Waals surface area contributed by atoms with Crippen molar-refractivity contribution in [3.63, 3.8) is 0 Å². The molecule has 0 radical (unpaired) electrons. The average molecular weight is 912 g/mol. The number of rotatable bonds is 12. The molecular formula is C51H81N3O11. The number of hydrogen-bond acceptors (Lipinski definition) is 12. The van der Waals surface area contributed by atoms with Crippen molar-refractivity contribution in [2.75, 3.05) is 39.2 Å². The SMILES string of the molecule is CC1CCC2[C@@H](C)[C@@H](C)OC3O[C@]4(C)CCC1[C@@]32OO4.CCC(C(=O)NCC(=O)OC)N(CCCC1O[C@@H]2CC(C)CCC3[C@H](C)CCC(C1C)[C@]32OO)C(=O)c1ccc(N(C)C)cc1. The van der Waals surface area contributed by atoms with E-state index < -0.39 is 23.4 Å². The van der Waals surface area contributed by atoms with Crippen molar-refractivity contribution in [2.45, 2.75) is 180 Å². The predicted octanol–water partition coefficient (Wildman–Crippen LogP) is 8.41. The summed E-state index contributed by atoms with van der Waals surface area (Å²) < 4.78 is 24.0. The Kier molecular flexibility index (Phi) is 15.7. The van der Waals surface area contributed by atoms with Crippen molar-refractivity contribution in [3.8, 4) is 0 Å². The van der Waals surface area contributed by atoms with E-state index in [2.05, 4.69) is 51.6 Å². The third-order valence-corrected chi connectivity index (χ3v) is 17.6. The molecule has 8 aliphatic rings. The fourth-order valence-electron chi connectivity index (χ4n) is 13.6. The molecule has 8 fully saturated rings. The summed E-state index contributed by atoms with van der Waals surface area (Å²) in [5, 5.41) is 13.2. The molecule has 2 N–H and O–H groups in total. The predicted molar refractivity (Wildman–Crippen MR) is 245 cm³/mol. The molecule has 0 aromatic heterocycles. The molecule has 366 valence electrons. The molecule has 2 bridgehead atoms. The zero-order chi connectivity index (χ0) is 47.0. The van der Waals surface area contributed by atoms with Crippen molar-refractivity contribution >= 4 is 23.5 Å². The molecule has 1 aromatic rings. The molecule has 14 nitrogen and oxygen atoms in total. The first-order valence-corrected chi connectivity index (χ1v) is 25.0. The van der Waals surface area contributed by atoms with Gasteiger partial charge in [-0.2, -0.15) is 0 Å². The number of methoxy groups -OCH3 is 1. The van der Waals surface area contributed by atoms with Crippen molar-refractivity contribution < 1.29 is 53.3 Å². The van der Waals surface area contributed by atoms with Crippen LogP contribution in [-0.2, 0) is 43.2 Å². The number of ether oxygens (including phenoxy) is 4. The minimum absolute atomic E-state index is 0.0489. The highest BCUT2D eigenvalue weighted by atomic mass is 17.3. The molecule has 17 atom stereocenters. The number of anilines is 1. The number of esters is 1. The molecule has 9 rings (SSSR count). The van der Waals surface area contributed by atoms with Crippen LogP contribution in [0.2, 0.25) is 0 Å². The van der Waals surface area contributed by atoms with Gasteiger partial charge in [-0.25, -0.2) is 14.7 Å². The maximum atomic E-state index is 14.0. The molecule has 3 aliphatic carbocycles. The van der Waals surface area contributed by atoms with E-state index >= 15 is 0 Å². The van der Waals surface area contributed by atoms with Gasteiger partial charge in [-0.15, -0.1) is 0 Å². The fraction of sp³-hybridized carbons (Fsp3) is 0.824. The topological polar surface area (TPSA) is 155 Å². The lowest BCUT2D eigenvalue weighted by atomic mass is 9.56. The fourth-order valence-corrected chi connectivity index (χ4v) is 13.6. The normalized spacial score (nSPS) is 40.9. The van der Waals surface area contributed by atoms with Crippen LogP contribution in [0.3, 0.4) is 0 Å². The Hall–Kier alpha value is -2.85. The van der Waals surface area contributed by atoms with E-state index in [4.69, 9.17) is 28.9 Å². The van der Waals surface area contributed by atoms with Crippen LogP contribution in [0.5, 0.6) is 0 Å². The molecular weight excluding hydrogens is 831 g/mol. The summed E-state index contributed by atoms with van der Waals surface area (Å²) in [4.78, 5) is 60.0.